The number of hydrogen-bond donors (Lipinski definition) is 0. The molecule has 6 heteroatoms. The maximum atomic E-state index is 12.5. The van der Waals surface area contributed by atoms with E-state index in [0.29, 0.717) is 30.6 Å². The van der Waals surface area contributed by atoms with Crippen LogP contribution in [0.5, 0.6) is 17.2 Å². The Kier molecular flexibility index (Phi) is 4.66. The zero-order chi connectivity index (χ0) is 17.2. The molecule has 0 amide bonds. The fourth-order valence-electron chi connectivity index (χ4n) is 2.38. The monoisotopic (exact) mass is 348 g/mol. The first-order chi connectivity index (χ1) is 11.5. The van der Waals surface area contributed by atoms with Crippen LogP contribution in [0.4, 0.5) is 0 Å². The van der Waals surface area contributed by atoms with Crippen molar-refractivity contribution in [3.05, 3.63) is 48.0 Å². The van der Waals surface area contributed by atoms with E-state index in [1.54, 1.807) is 18.2 Å². The Hall–Kier alpha value is -2.21. The van der Waals surface area contributed by atoms with Crippen LogP contribution < -0.4 is 13.7 Å². The van der Waals surface area contributed by atoms with Crippen molar-refractivity contribution in [3.8, 4) is 17.2 Å². The van der Waals surface area contributed by atoms with E-state index in [1.165, 1.54) is 12.1 Å². The molecular formula is C18H20O5S. The molecule has 5 nitrogen and oxygen atoms in total. The summed E-state index contributed by atoms with van der Waals surface area (Å²) in [4.78, 5) is 0.0414. The van der Waals surface area contributed by atoms with Crippen molar-refractivity contribution < 1.29 is 22.1 Å². The molecule has 24 heavy (non-hydrogen) atoms. The van der Waals surface area contributed by atoms with Crippen molar-refractivity contribution in [2.45, 2.75) is 31.1 Å². The van der Waals surface area contributed by atoms with Gasteiger partial charge in [0.15, 0.2) is 11.5 Å². The van der Waals surface area contributed by atoms with Crippen molar-refractivity contribution >= 4 is 10.1 Å². The number of benzene rings is 2. The quantitative estimate of drug-likeness (QED) is 0.788. The second kappa shape index (κ2) is 6.73. The normalized spacial score (nSPS) is 14.3. The molecule has 1 aliphatic rings. The summed E-state index contributed by atoms with van der Waals surface area (Å²) in [5, 5.41) is 0. The van der Waals surface area contributed by atoms with Gasteiger partial charge in [-0.15, -0.1) is 0 Å². The lowest BCUT2D eigenvalue weighted by molar-refractivity contribution is 0.296. The molecule has 0 N–H and O–H groups in total. The van der Waals surface area contributed by atoms with Gasteiger partial charge in [0, 0.05) is 12.5 Å². The Morgan fingerprint density at radius 1 is 0.958 bits per heavy atom. The highest BCUT2D eigenvalue weighted by atomic mass is 32.2. The predicted octanol–water partition coefficient (Wildman–Crippen LogP) is 3.74. The second-order valence-corrected chi connectivity index (χ2v) is 7.47. The molecule has 0 fully saturated rings. The summed E-state index contributed by atoms with van der Waals surface area (Å²) in [5.74, 6) is 1.63. The molecule has 0 spiro atoms. The zero-order valence-electron chi connectivity index (χ0n) is 13.7. The van der Waals surface area contributed by atoms with Gasteiger partial charge in [-0.25, -0.2) is 0 Å². The van der Waals surface area contributed by atoms with Crippen molar-refractivity contribution in [2.24, 2.45) is 0 Å². The Morgan fingerprint density at radius 2 is 1.62 bits per heavy atom. The number of rotatable bonds is 4. The molecule has 3 rings (SSSR count). The van der Waals surface area contributed by atoms with E-state index in [2.05, 4.69) is 13.8 Å². The molecule has 0 aromatic heterocycles. The molecule has 1 aliphatic heterocycles. The number of hydrogen-bond acceptors (Lipinski definition) is 5. The van der Waals surface area contributed by atoms with E-state index in [1.807, 2.05) is 12.1 Å². The Labute approximate surface area is 142 Å². The lowest BCUT2D eigenvalue weighted by Gasteiger charge is -2.11. The predicted molar refractivity (Wildman–Crippen MR) is 90.4 cm³/mol. The van der Waals surface area contributed by atoms with Gasteiger partial charge in [-0.1, -0.05) is 26.0 Å². The molecule has 1 heterocycles. The summed E-state index contributed by atoms with van der Waals surface area (Å²) >= 11 is 0. The van der Waals surface area contributed by atoms with Crippen LogP contribution in [0.3, 0.4) is 0 Å². The summed E-state index contributed by atoms with van der Waals surface area (Å²) in [6, 6.07) is 11.6. The minimum atomic E-state index is -3.93. The molecule has 2 aromatic carbocycles. The molecule has 2 aromatic rings. The van der Waals surface area contributed by atoms with E-state index >= 15 is 0 Å². The summed E-state index contributed by atoms with van der Waals surface area (Å²) in [7, 11) is -3.93. The van der Waals surface area contributed by atoms with E-state index in [9.17, 15) is 8.42 Å². The van der Waals surface area contributed by atoms with Crippen LogP contribution in [0.25, 0.3) is 0 Å². The van der Waals surface area contributed by atoms with Crippen molar-refractivity contribution in [1.29, 1.82) is 0 Å². The molecule has 0 unspecified atom stereocenters. The highest BCUT2D eigenvalue weighted by Gasteiger charge is 2.20. The standard InChI is InChI=1S/C18H20O5S/c1-13(2)14-4-6-15(7-5-14)23-24(19,20)16-8-9-17-18(12-16)22-11-3-10-21-17/h4-9,12-13H,3,10-11H2,1-2H3. The van der Waals surface area contributed by atoms with Crippen molar-refractivity contribution in [3.63, 3.8) is 0 Å². The maximum Gasteiger partial charge on any atom is 0.339 e. The first-order valence-corrected chi connectivity index (χ1v) is 9.30. The summed E-state index contributed by atoms with van der Waals surface area (Å²) in [6.07, 6.45) is 0.759. The van der Waals surface area contributed by atoms with Crippen LogP contribution in [-0.2, 0) is 10.1 Å². The van der Waals surface area contributed by atoms with Gasteiger partial charge in [0.1, 0.15) is 10.6 Å². The van der Waals surface area contributed by atoms with E-state index < -0.39 is 10.1 Å². The highest BCUT2D eigenvalue weighted by Crippen LogP contribution is 2.32. The van der Waals surface area contributed by atoms with Crippen molar-refractivity contribution in [1.82, 2.24) is 0 Å². The average molecular weight is 348 g/mol. The first kappa shape index (κ1) is 16.6. The lowest BCUT2D eigenvalue weighted by Crippen LogP contribution is -2.10. The molecule has 0 saturated heterocycles. The SMILES string of the molecule is CC(C)c1ccc(OS(=O)(=O)c2ccc3c(c2)OCCCO3)cc1. The van der Waals surface area contributed by atoms with Gasteiger partial charge in [-0.2, -0.15) is 8.42 Å². The van der Waals surface area contributed by atoms with Crippen LogP contribution in [0, 0.1) is 0 Å². The second-order valence-electron chi connectivity index (χ2n) is 5.92. The largest absolute Gasteiger partial charge is 0.490 e. The lowest BCUT2D eigenvalue weighted by atomic mass is 10.0. The highest BCUT2D eigenvalue weighted by molar-refractivity contribution is 7.87. The van der Waals surface area contributed by atoms with Gasteiger partial charge < -0.3 is 13.7 Å². The van der Waals surface area contributed by atoms with E-state index in [0.717, 1.165) is 12.0 Å². The van der Waals surface area contributed by atoms with Gasteiger partial charge in [-0.3, -0.25) is 0 Å². The van der Waals surface area contributed by atoms with Gasteiger partial charge in [-0.05, 0) is 35.7 Å². The molecule has 128 valence electrons. The third-order valence-electron chi connectivity index (χ3n) is 3.76. The third kappa shape index (κ3) is 3.64. The first-order valence-electron chi connectivity index (χ1n) is 7.90. The molecule has 0 bridgehead atoms. The third-order valence-corrected chi connectivity index (χ3v) is 5.00. The summed E-state index contributed by atoms with van der Waals surface area (Å²) < 4.78 is 41.2. The molecule has 0 radical (unpaired) electrons. The van der Waals surface area contributed by atoms with Gasteiger partial charge >= 0.3 is 10.1 Å². The van der Waals surface area contributed by atoms with Crippen LogP contribution >= 0.6 is 0 Å². The topological polar surface area (TPSA) is 61.8 Å². The molecule has 0 aliphatic carbocycles. The molecule has 0 atom stereocenters. The smallest absolute Gasteiger partial charge is 0.339 e. The molecular weight excluding hydrogens is 328 g/mol. The van der Waals surface area contributed by atoms with Crippen LogP contribution in [0.2, 0.25) is 0 Å². The minimum absolute atomic E-state index is 0.0414. The zero-order valence-corrected chi connectivity index (χ0v) is 14.5. The maximum absolute atomic E-state index is 12.5. The van der Waals surface area contributed by atoms with Gasteiger partial charge in [0.2, 0.25) is 0 Å². The van der Waals surface area contributed by atoms with Crippen molar-refractivity contribution in [2.75, 3.05) is 13.2 Å². The Balaban J connectivity index is 1.83. The van der Waals surface area contributed by atoms with Gasteiger partial charge in [0.05, 0.1) is 13.2 Å². The summed E-state index contributed by atoms with van der Waals surface area (Å²) in [6.45, 7) is 5.19. The number of fused-ring (bicyclic) bond motifs is 1. The molecule has 0 saturated carbocycles. The Morgan fingerprint density at radius 3 is 2.29 bits per heavy atom. The van der Waals surface area contributed by atoms with E-state index in [4.69, 9.17) is 13.7 Å². The average Bonchev–Trinajstić information content (AvgIpc) is 2.79. The van der Waals surface area contributed by atoms with Crippen LogP contribution in [0.1, 0.15) is 31.7 Å². The Bertz CT molecular complexity index is 810. The number of ether oxygens (including phenoxy) is 2. The van der Waals surface area contributed by atoms with E-state index in [-0.39, 0.29) is 10.6 Å². The fourth-order valence-corrected chi connectivity index (χ4v) is 3.33. The minimum Gasteiger partial charge on any atom is -0.490 e. The van der Waals surface area contributed by atoms with Crippen LogP contribution in [0.15, 0.2) is 47.4 Å². The van der Waals surface area contributed by atoms with Gasteiger partial charge in [0.25, 0.3) is 0 Å². The van der Waals surface area contributed by atoms with Crippen LogP contribution in [-0.4, -0.2) is 21.6 Å². The fraction of sp³-hybridized carbons (Fsp3) is 0.333. The summed E-state index contributed by atoms with van der Waals surface area (Å²) in [5.41, 5.74) is 1.12.